The number of aryl methyl sites for hydroxylation is 1. The molecule has 1 N–H and O–H groups in total. The average Bonchev–Trinajstić information content (AvgIpc) is 3.05. The van der Waals surface area contributed by atoms with Gasteiger partial charge in [0.2, 0.25) is 0 Å². The molecule has 1 aliphatic carbocycles. The quantitative estimate of drug-likeness (QED) is 0.874. The van der Waals surface area contributed by atoms with Gasteiger partial charge in [0.25, 0.3) is 0 Å². The normalized spacial score (nSPS) is 15.9. The number of amides is 1. The zero-order valence-corrected chi connectivity index (χ0v) is 11.2. The van der Waals surface area contributed by atoms with Crippen LogP contribution in [-0.2, 0) is 4.84 Å². The molecule has 5 heteroatoms. The Bertz CT molecular complexity index is 644. The zero-order valence-electron chi connectivity index (χ0n) is 11.2. The number of furan rings is 1. The Labute approximate surface area is 115 Å². The fourth-order valence-electron chi connectivity index (χ4n) is 2.60. The number of rotatable bonds is 3. The Balaban J connectivity index is 1.78. The van der Waals surface area contributed by atoms with E-state index in [1.54, 1.807) is 6.92 Å². The van der Waals surface area contributed by atoms with Crippen LogP contribution in [0, 0.1) is 12.7 Å². The lowest BCUT2D eigenvalue weighted by Gasteiger charge is -2.10. The first-order valence-corrected chi connectivity index (χ1v) is 6.80. The van der Waals surface area contributed by atoms with Crippen molar-refractivity contribution < 1.29 is 18.4 Å². The topological polar surface area (TPSA) is 51.5 Å². The number of halogens is 1. The Morgan fingerprint density at radius 3 is 2.90 bits per heavy atom. The first-order chi connectivity index (χ1) is 9.65. The van der Waals surface area contributed by atoms with Gasteiger partial charge in [0.05, 0.1) is 6.10 Å². The third-order valence-electron chi connectivity index (χ3n) is 3.72. The molecule has 4 nitrogen and oxygen atoms in total. The zero-order chi connectivity index (χ0) is 14.1. The van der Waals surface area contributed by atoms with Crippen LogP contribution in [0.5, 0.6) is 0 Å². The standard InChI is InChI=1S/C15H16FNO3/c1-9-12-8-10(16)6-7-13(12)19-14(9)15(18)17-20-11-4-2-3-5-11/h6-8,11H,2-5H2,1H3,(H,17,18). The van der Waals surface area contributed by atoms with Crippen molar-refractivity contribution in [3.63, 3.8) is 0 Å². The number of carbonyl (C=O) groups is 1. The lowest BCUT2D eigenvalue weighted by atomic mass is 10.1. The third kappa shape index (κ3) is 2.41. The Hall–Kier alpha value is -1.88. The van der Waals surface area contributed by atoms with Crippen molar-refractivity contribution in [2.75, 3.05) is 0 Å². The summed E-state index contributed by atoms with van der Waals surface area (Å²) in [5.74, 6) is -0.606. The maximum absolute atomic E-state index is 13.2. The van der Waals surface area contributed by atoms with E-state index in [2.05, 4.69) is 5.48 Å². The van der Waals surface area contributed by atoms with Gasteiger partial charge in [-0.2, -0.15) is 0 Å². The summed E-state index contributed by atoms with van der Waals surface area (Å²) >= 11 is 0. The van der Waals surface area contributed by atoms with Gasteiger partial charge in [-0.25, -0.2) is 9.87 Å². The molecule has 106 valence electrons. The van der Waals surface area contributed by atoms with Gasteiger partial charge in [-0.05, 0) is 38.0 Å². The minimum atomic E-state index is -0.425. The number of fused-ring (bicyclic) bond motifs is 1. The lowest BCUT2D eigenvalue weighted by molar-refractivity contribution is -0.0138. The summed E-state index contributed by atoms with van der Waals surface area (Å²) in [6.07, 6.45) is 4.27. The predicted molar refractivity (Wildman–Crippen MR) is 71.7 cm³/mol. The second kappa shape index (κ2) is 5.25. The van der Waals surface area contributed by atoms with Crippen LogP contribution in [0.2, 0.25) is 0 Å². The molecule has 1 amide bonds. The second-order valence-electron chi connectivity index (χ2n) is 5.15. The van der Waals surface area contributed by atoms with E-state index >= 15 is 0 Å². The molecule has 0 atom stereocenters. The number of hydrogen-bond acceptors (Lipinski definition) is 3. The predicted octanol–water partition coefficient (Wildman–Crippen LogP) is 3.48. The molecule has 0 spiro atoms. The second-order valence-corrected chi connectivity index (χ2v) is 5.15. The molecule has 1 aliphatic rings. The van der Waals surface area contributed by atoms with Crippen LogP contribution in [-0.4, -0.2) is 12.0 Å². The molecule has 2 aromatic rings. The highest BCUT2D eigenvalue weighted by atomic mass is 19.1. The van der Waals surface area contributed by atoms with Gasteiger partial charge in [0.15, 0.2) is 5.76 Å². The van der Waals surface area contributed by atoms with E-state index in [0.29, 0.717) is 16.5 Å². The summed E-state index contributed by atoms with van der Waals surface area (Å²) in [5.41, 5.74) is 3.54. The molecule has 1 fully saturated rings. The molecule has 0 saturated heterocycles. The minimum Gasteiger partial charge on any atom is -0.451 e. The number of hydrogen-bond donors (Lipinski definition) is 1. The van der Waals surface area contributed by atoms with Crippen LogP contribution >= 0.6 is 0 Å². The van der Waals surface area contributed by atoms with Crippen LogP contribution in [0.4, 0.5) is 4.39 Å². The summed E-state index contributed by atoms with van der Waals surface area (Å²) in [4.78, 5) is 17.4. The van der Waals surface area contributed by atoms with Crippen molar-refractivity contribution in [3.05, 3.63) is 35.3 Å². The molecule has 1 aromatic carbocycles. The molecular weight excluding hydrogens is 261 g/mol. The molecule has 0 unspecified atom stereocenters. The van der Waals surface area contributed by atoms with E-state index < -0.39 is 5.91 Å². The first kappa shape index (κ1) is 13.1. The number of carbonyl (C=O) groups excluding carboxylic acids is 1. The van der Waals surface area contributed by atoms with Crippen molar-refractivity contribution in [2.45, 2.75) is 38.7 Å². The van der Waals surface area contributed by atoms with Crippen molar-refractivity contribution in [3.8, 4) is 0 Å². The van der Waals surface area contributed by atoms with Crippen molar-refractivity contribution in [1.29, 1.82) is 0 Å². The van der Waals surface area contributed by atoms with E-state index in [0.717, 1.165) is 25.7 Å². The van der Waals surface area contributed by atoms with Gasteiger partial charge in [0, 0.05) is 10.9 Å². The molecule has 3 rings (SSSR count). The SMILES string of the molecule is Cc1c(C(=O)NOC2CCCC2)oc2ccc(F)cc12. The van der Waals surface area contributed by atoms with Gasteiger partial charge in [-0.15, -0.1) is 0 Å². The highest BCUT2D eigenvalue weighted by Gasteiger charge is 2.21. The van der Waals surface area contributed by atoms with E-state index in [9.17, 15) is 9.18 Å². The van der Waals surface area contributed by atoms with Crippen LogP contribution in [0.1, 0.15) is 41.8 Å². The number of nitrogens with one attached hydrogen (secondary N) is 1. The van der Waals surface area contributed by atoms with Gasteiger partial charge in [-0.3, -0.25) is 9.63 Å². The van der Waals surface area contributed by atoms with Crippen molar-refractivity contribution >= 4 is 16.9 Å². The minimum absolute atomic E-state index is 0.0843. The molecular formula is C15H16FNO3. The Morgan fingerprint density at radius 2 is 2.15 bits per heavy atom. The fourth-order valence-corrected chi connectivity index (χ4v) is 2.60. The average molecular weight is 277 g/mol. The smallest absolute Gasteiger partial charge is 0.310 e. The summed E-state index contributed by atoms with van der Waals surface area (Å²) in [5, 5.41) is 0.607. The highest BCUT2D eigenvalue weighted by molar-refractivity contribution is 5.98. The lowest BCUT2D eigenvalue weighted by Crippen LogP contribution is -2.28. The molecule has 1 heterocycles. The monoisotopic (exact) mass is 277 g/mol. The van der Waals surface area contributed by atoms with Gasteiger partial charge >= 0.3 is 5.91 Å². The van der Waals surface area contributed by atoms with E-state index in [1.165, 1.54) is 18.2 Å². The van der Waals surface area contributed by atoms with Crippen LogP contribution < -0.4 is 5.48 Å². The van der Waals surface area contributed by atoms with E-state index in [1.807, 2.05) is 0 Å². The first-order valence-electron chi connectivity index (χ1n) is 6.80. The number of hydroxylamine groups is 1. The van der Waals surface area contributed by atoms with E-state index in [4.69, 9.17) is 9.25 Å². The number of benzene rings is 1. The molecule has 20 heavy (non-hydrogen) atoms. The summed E-state index contributed by atoms with van der Waals surface area (Å²) in [7, 11) is 0. The third-order valence-corrected chi connectivity index (χ3v) is 3.72. The Morgan fingerprint density at radius 1 is 1.40 bits per heavy atom. The summed E-state index contributed by atoms with van der Waals surface area (Å²) < 4.78 is 18.7. The van der Waals surface area contributed by atoms with Gasteiger partial charge < -0.3 is 4.42 Å². The largest absolute Gasteiger partial charge is 0.451 e. The molecule has 0 radical (unpaired) electrons. The van der Waals surface area contributed by atoms with Crippen LogP contribution in [0.3, 0.4) is 0 Å². The molecule has 1 saturated carbocycles. The molecule has 0 aliphatic heterocycles. The Kier molecular flexibility index (Phi) is 3.44. The maximum Gasteiger partial charge on any atom is 0.310 e. The highest BCUT2D eigenvalue weighted by Crippen LogP contribution is 2.26. The van der Waals surface area contributed by atoms with E-state index in [-0.39, 0.29) is 17.7 Å². The molecule has 1 aromatic heterocycles. The van der Waals surface area contributed by atoms with Gasteiger partial charge in [0.1, 0.15) is 11.4 Å². The van der Waals surface area contributed by atoms with Crippen molar-refractivity contribution in [2.24, 2.45) is 0 Å². The summed E-state index contributed by atoms with van der Waals surface area (Å²) in [6.45, 7) is 1.73. The van der Waals surface area contributed by atoms with Crippen LogP contribution in [0.25, 0.3) is 11.0 Å². The molecule has 0 bridgehead atoms. The maximum atomic E-state index is 13.2. The fraction of sp³-hybridized carbons (Fsp3) is 0.400. The van der Waals surface area contributed by atoms with Gasteiger partial charge in [-0.1, -0.05) is 12.8 Å². The van der Waals surface area contributed by atoms with Crippen molar-refractivity contribution in [1.82, 2.24) is 5.48 Å². The summed E-state index contributed by atoms with van der Waals surface area (Å²) in [6, 6.07) is 4.19. The van der Waals surface area contributed by atoms with Crippen LogP contribution in [0.15, 0.2) is 22.6 Å².